The molecule has 0 heterocycles. The molecule has 0 saturated heterocycles. The van der Waals surface area contributed by atoms with Crippen LogP contribution in [-0.4, -0.2) is 25.3 Å². The Kier molecular flexibility index (Phi) is 8.18. The van der Waals surface area contributed by atoms with Crippen molar-refractivity contribution >= 4 is 39.7 Å². The maximum atomic E-state index is 12.0. The van der Waals surface area contributed by atoms with Gasteiger partial charge in [0.2, 0.25) is 5.91 Å². The average molecular weight is 450 g/mol. The van der Waals surface area contributed by atoms with Crippen molar-refractivity contribution in [1.82, 2.24) is 5.43 Å². The lowest BCUT2D eigenvalue weighted by molar-refractivity contribution is -0.120. The van der Waals surface area contributed by atoms with Crippen molar-refractivity contribution in [2.45, 2.75) is 13.3 Å². The lowest BCUT2D eigenvalue weighted by atomic mass is 10.1. The lowest BCUT2D eigenvalue weighted by Crippen LogP contribution is -2.19. The number of terminal acetylenes is 1. The zero-order valence-corrected chi connectivity index (χ0v) is 17.0. The second kappa shape index (κ2) is 10.6. The number of nitrogens with one attached hydrogen (secondary N) is 1. The molecule has 1 amide bonds. The van der Waals surface area contributed by atoms with E-state index in [1.54, 1.807) is 12.1 Å². The van der Waals surface area contributed by atoms with Gasteiger partial charge in [0.15, 0.2) is 11.5 Å². The number of benzene rings is 2. The predicted octanol–water partition coefficient (Wildman–Crippen LogP) is 4.21. The van der Waals surface area contributed by atoms with Crippen LogP contribution >= 0.6 is 27.5 Å². The van der Waals surface area contributed by atoms with Crippen LogP contribution in [0.3, 0.4) is 0 Å². The van der Waals surface area contributed by atoms with Gasteiger partial charge in [0.05, 0.1) is 24.3 Å². The minimum atomic E-state index is -0.223. The number of carbonyl (C=O) groups is 1. The molecule has 0 unspecified atom stereocenters. The summed E-state index contributed by atoms with van der Waals surface area (Å²) in [6, 6.07) is 10.9. The highest BCUT2D eigenvalue weighted by Gasteiger charge is 2.12. The molecular weight excluding hydrogens is 432 g/mol. The molecule has 1 N–H and O–H groups in total. The van der Waals surface area contributed by atoms with Crippen LogP contribution in [-0.2, 0) is 11.2 Å². The first kappa shape index (κ1) is 20.8. The number of hydrogen-bond donors (Lipinski definition) is 1. The summed E-state index contributed by atoms with van der Waals surface area (Å²) in [5, 5.41) is 4.31. The van der Waals surface area contributed by atoms with Gasteiger partial charge in [-0.25, -0.2) is 5.43 Å². The Morgan fingerprint density at radius 1 is 1.33 bits per heavy atom. The maximum Gasteiger partial charge on any atom is 0.244 e. The van der Waals surface area contributed by atoms with Crippen LogP contribution in [0.5, 0.6) is 11.5 Å². The van der Waals surface area contributed by atoms with Gasteiger partial charge in [0, 0.05) is 4.47 Å². The molecule has 0 aromatic heterocycles. The molecule has 7 heteroatoms. The first-order valence-corrected chi connectivity index (χ1v) is 9.29. The van der Waals surface area contributed by atoms with Gasteiger partial charge in [-0.15, -0.1) is 6.42 Å². The summed E-state index contributed by atoms with van der Waals surface area (Å²) in [5.41, 5.74) is 4.04. The number of hydrazone groups is 1. The third kappa shape index (κ3) is 6.63. The second-order valence-electron chi connectivity index (χ2n) is 5.35. The molecule has 5 nitrogen and oxygen atoms in total. The van der Waals surface area contributed by atoms with Crippen LogP contribution in [0.1, 0.15) is 18.1 Å². The van der Waals surface area contributed by atoms with Crippen molar-refractivity contribution in [3.63, 3.8) is 0 Å². The summed E-state index contributed by atoms with van der Waals surface area (Å²) in [6.45, 7) is 2.37. The molecule has 2 rings (SSSR count). The molecule has 2 aromatic carbocycles. The Bertz CT molecular complexity index is 861. The number of carbonyl (C=O) groups excluding carboxylic acids is 1. The summed E-state index contributed by atoms with van der Waals surface area (Å²) >= 11 is 9.60. The number of hydrogen-bond acceptors (Lipinski definition) is 4. The number of halogens is 2. The van der Waals surface area contributed by atoms with E-state index in [4.69, 9.17) is 27.5 Å². The van der Waals surface area contributed by atoms with E-state index < -0.39 is 0 Å². The molecule has 0 aliphatic heterocycles. The molecule has 0 spiro atoms. The van der Waals surface area contributed by atoms with Gasteiger partial charge in [-0.2, -0.15) is 5.10 Å². The summed E-state index contributed by atoms with van der Waals surface area (Å²) in [4.78, 5) is 12.0. The number of ether oxygens (including phenoxy) is 2. The Morgan fingerprint density at radius 3 is 2.74 bits per heavy atom. The highest BCUT2D eigenvalue weighted by molar-refractivity contribution is 9.10. The van der Waals surface area contributed by atoms with Crippen molar-refractivity contribution in [2.75, 3.05) is 13.2 Å². The van der Waals surface area contributed by atoms with Crippen LogP contribution in [0.4, 0.5) is 0 Å². The standard InChI is InChI=1S/C20H18BrClN2O3/c1-3-9-27-20-17(22)10-15(11-18(20)26-4-2)13-23-24-19(25)12-14-5-7-16(21)8-6-14/h1,5-8,10-11,13H,4,9,12H2,2H3,(H,24,25)/b23-13+. The smallest absolute Gasteiger partial charge is 0.244 e. The predicted molar refractivity (Wildman–Crippen MR) is 111 cm³/mol. The largest absolute Gasteiger partial charge is 0.490 e. The van der Waals surface area contributed by atoms with E-state index in [0.717, 1.165) is 10.0 Å². The van der Waals surface area contributed by atoms with E-state index in [9.17, 15) is 4.79 Å². The van der Waals surface area contributed by atoms with Crippen LogP contribution < -0.4 is 14.9 Å². The lowest BCUT2D eigenvalue weighted by Gasteiger charge is -2.12. The molecule has 0 fully saturated rings. The quantitative estimate of drug-likeness (QED) is 0.373. The highest BCUT2D eigenvalue weighted by Crippen LogP contribution is 2.36. The SMILES string of the molecule is C#CCOc1c(Cl)cc(/C=N/NC(=O)Cc2ccc(Br)cc2)cc1OCC. The monoisotopic (exact) mass is 448 g/mol. The van der Waals surface area contributed by atoms with Crippen LogP contribution in [0, 0.1) is 12.3 Å². The minimum absolute atomic E-state index is 0.0827. The molecule has 2 aromatic rings. The van der Waals surface area contributed by atoms with Crippen molar-refractivity contribution in [1.29, 1.82) is 0 Å². The van der Waals surface area contributed by atoms with E-state index in [-0.39, 0.29) is 18.9 Å². The average Bonchev–Trinajstić information content (AvgIpc) is 2.63. The fourth-order valence-electron chi connectivity index (χ4n) is 2.19. The van der Waals surface area contributed by atoms with E-state index in [1.807, 2.05) is 31.2 Å². The van der Waals surface area contributed by atoms with Crippen molar-refractivity contribution in [2.24, 2.45) is 5.10 Å². The Labute approximate surface area is 171 Å². The summed E-state index contributed by atoms with van der Waals surface area (Å²) in [6.07, 6.45) is 6.93. The summed E-state index contributed by atoms with van der Waals surface area (Å²) < 4.78 is 11.9. The van der Waals surface area contributed by atoms with E-state index >= 15 is 0 Å². The van der Waals surface area contributed by atoms with E-state index in [0.29, 0.717) is 28.7 Å². The van der Waals surface area contributed by atoms with E-state index in [2.05, 4.69) is 32.4 Å². The Balaban J connectivity index is 2.03. The Hall–Kier alpha value is -2.49. The summed E-state index contributed by atoms with van der Waals surface area (Å²) in [5.74, 6) is 3.00. The third-order valence-electron chi connectivity index (χ3n) is 3.31. The molecule has 0 atom stereocenters. The molecule has 0 radical (unpaired) electrons. The van der Waals surface area contributed by atoms with Gasteiger partial charge < -0.3 is 9.47 Å². The Morgan fingerprint density at radius 2 is 2.07 bits per heavy atom. The van der Waals surface area contributed by atoms with E-state index in [1.165, 1.54) is 6.21 Å². The molecular formula is C20H18BrClN2O3. The fourth-order valence-corrected chi connectivity index (χ4v) is 2.72. The first-order valence-electron chi connectivity index (χ1n) is 8.12. The number of rotatable bonds is 8. The minimum Gasteiger partial charge on any atom is -0.490 e. The number of amides is 1. The van der Waals surface area contributed by atoms with Crippen molar-refractivity contribution in [3.8, 4) is 23.8 Å². The van der Waals surface area contributed by atoms with Crippen molar-refractivity contribution in [3.05, 3.63) is 57.0 Å². The fraction of sp³-hybridized carbons (Fsp3) is 0.200. The van der Waals surface area contributed by atoms with Gasteiger partial charge in [0.1, 0.15) is 6.61 Å². The molecule has 27 heavy (non-hydrogen) atoms. The van der Waals surface area contributed by atoms with Gasteiger partial charge in [-0.3, -0.25) is 4.79 Å². The summed E-state index contributed by atoms with van der Waals surface area (Å²) in [7, 11) is 0. The first-order chi connectivity index (χ1) is 13.0. The normalized spacial score (nSPS) is 10.4. The van der Waals surface area contributed by atoms with Crippen LogP contribution in [0.15, 0.2) is 46.0 Å². The van der Waals surface area contributed by atoms with Gasteiger partial charge >= 0.3 is 0 Å². The molecule has 0 bridgehead atoms. The van der Waals surface area contributed by atoms with Crippen molar-refractivity contribution < 1.29 is 14.3 Å². The molecule has 0 aliphatic rings. The number of nitrogens with zero attached hydrogens (tertiary/aromatic N) is 1. The zero-order valence-electron chi connectivity index (χ0n) is 14.7. The molecule has 0 saturated carbocycles. The van der Waals surface area contributed by atoms with Gasteiger partial charge in [-0.05, 0) is 42.3 Å². The molecule has 140 valence electrons. The topological polar surface area (TPSA) is 59.9 Å². The molecule has 0 aliphatic carbocycles. The van der Waals surface area contributed by atoms with Gasteiger partial charge in [0.25, 0.3) is 0 Å². The zero-order chi connectivity index (χ0) is 19.6. The van der Waals surface area contributed by atoms with Crippen LogP contribution in [0.2, 0.25) is 5.02 Å². The maximum absolute atomic E-state index is 12.0. The second-order valence-corrected chi connectivity index (χ2v) is 6.68. The van der Waals surface area contributed by atoms with Crippen LogP contribution in [0.25, 0.3) is 0 Å². The third-order valence-corrected chi connectivity index (χ3v) is 4.12. The van der Waals surface area contributed by atoms with Gasteiger partial charge in [-0.1, -0.05) is 45.6 Å². The highest BCUT2D eigenvalue weighted by atomic mass is 79.9.